The third kappa shape index (κ3) is 9.77. The van der Waals surface area contributed by atoms with Crippen LogP contribution >= 0.6 is 0 Å². The monoisotopic (exact) mass is 420 g/mol. The highest BCUT2D eigenvalue weighted by Gasteiger charge is 2.34. The number of aliphatic hydroxyl groups is 1. The van der Waals surface area contributed by atoms with Crippen molar-refractivity contribution in [3.63, 3.8) is 0 Å². The summed E-state index contributed by atoms with van der Waals surface area (Å²) in [6.07, 6.45) is 10.3. The molecule has 30 heavy (non-hydrogen) atoms. The molecule has 0 radical (unpaired) electrons. The minimum Gasteiger partial charge on any atom is -0.393 e. The lowest BCUT2D eigenvalue weighted by Crippen LogP contribution is -2.30. The zero-order valence-corrected chi connectivity index (χ0v) is 21.3. The van der Waals surface area contributed by atoms with Crippen molar-refractivity contribution >= 4 is 0 Å². The fourth-order valence-corrected chi connectivity index (χ4v) is 4.03. The number of aryl methyl sites for hydroxylation is 1. The molecule has 1 aliphatic rings. The molecule has 0 amide bonds. The number of hydrogen-bond acceptors (Lipinski definition) is 1. The molecule has 2 heteroatoms. The molecular formula is C28H49FO. The molecule has 1 nitrogen and oxygen atoms in total. The molecule has 1 aromatic carbocycles. The first kappa shape index (κ1) is 28.9. The van der Waals surface area contributed by atoms with Crippen LogP contribution in [0, 0.1) is 12.3 Å². The number of rotatable bonds is 5. The van der Waals surface area contributed by atoms with Crippen LogP contribution in [0.4, 0.5) is 4.39 Å². The van der Waals surface area contributed by atoms with E-state index in [1.807, 2.05) is 38.1 Å². The molecular weight excluding hydrogens is 371 g/mol. The normalized spacial score (nSPS) is 22.9. The van der Waals surface area contributed by atoms with E-state index in [4.69, 9.17) is 0 Å². The quantitative estimate of drug-likeness (QED) is 0.471. The van der Waals surface area contributed by atoms with Crippen LogP contribution in [0.1, 0.15) is 117 Å². The minimum absolute atomic E-state index is 0.0374. The van der Waals surface area contributed by atoms with Gasteiger partial charge in [0.05, 0.1) is 6.10 Å². The van der Waals surface area contributed by atoms with Crippen molar-refractivity contribution < 1.29 is 9.50 Å². The maximum absolute atomic E-state index is 13.6. The van der Waals surface area contributed by atoms with E-state index in [0.29, 0.717) is 5.41 Å². The van der Waals surface area contributed by atoms with Gasteiger partial charge in [-0.15, -0.1) is 0 Å². The average molecular weight is 421 g/mol. The van der Waals surface area contributed by atoms with Gasteiger partial charge in [-0.1, -0.05) is 82.0 Å². The number of hydrogen-bond donors (Lipinski definition) is 1. The Bertz CT molecular complexity index is 586. The number of aliphatic hydroxyl groups excluding tert-OH is 1. The van der Waals surface area contributed by atoms with E-state index in [1.54, 1.807) is 13.8 Å². The maximum atomic E-state index is 13.6. The summed E-state index contributed by atoms with van der Waals surface area (Å²) in [5.74, 6) is -0.0481. The molecule has 0 heterocycles. The van der Waals surface area contributed by atoms with E-state index in [-0.39, 0.29) is 12.0 Å². The van der Waals surface area contributed by atoms with Crippen molar-refractivity contribution in [3.05, 3.63) is 47.0 Å². The van der Waals surface area contributed by atoms with E-state index < -0.39 is 5.67 Å². The molecule has 1 aromatic rings. The summed E-state index contributed by atoms with van der Waals surface area (Å²) in [6, 6.07) is 8.05. The maximum Gasteiger partial charge on any atom is 0.112 e. The van der Waals surface area contributed by atoms with E-state index in [0.717, 1.165) is 18.4 Å². The second-order valence-corrected chi connectivity index (χ2v) is 9.64. The van der Waals surface area contributed by atoms with Crippen molar-refractivity contribution in [1.29, 1.82) is 0 Å². The summed E-state index contributed by atoms with van der Waals surface area (Å²) >= 11 is 0. The van der Waals surface area contributed by atoms with Gasteiger partial charge in [0.2, 0.25) is 0 Å². The highest BCUT2D eigenvalue weighted by Crippen LogP contribution is 2.45. The van der Waals surface area contributed by atoms with Gasteiger partial charge < -0.3 is 5.11 Å². The van der Waals surface area contributed by atoms with Crippen molar-refractivity contribution in [3.8, 4) is 0 Å². The van der Waals surface area contributed by atoms with Gasteiger partial charge in [0.15, 0.2) is 0 Å². The third-order valence-electron chi connectivity index (χ3n) is 6.52. The molecule has 1 saturated carbocycles. The molecule has 0 saturated heterocycles. The number of allylic oxidation sites excluding steroid dienone is 2. The van der Waals surface area contributed by atoms with E-state index >= 15 is 0 Å². The van der Waals surface area contributed by atoms with Gasteiger partial charge in [0, 0.05) is 5.92 Å². The van der Waals surface area contributed by atoms with Gasteiger partial charge in [-0.2, -0.15) is 0 Å². The molecule has 0 aromatic heterocycles. The largest absolute Gasteiger partial charge is 0.393 e. The Hall–Kier alpha value is -1.15. The number of benzene rings is 1. The van der Waals surface area contributed by atoms with Crippen molar-refractivity contribution in [2.45, 2.75) is 125 Å². The molecule has 0 spiro atoms. The lowest BCUT2D eigenvalue weighted by Gasteiger charge is -2.40. The van der Waals surface area contributed by atoms with Crippen LogP contribution in [0.2, 0.25) is 0 Å². The van der Waals surface area contributed by atoms with Crippen LogP contribution in [-0.2, 0) is 0 Å². The first-order chi connectivity index (χ1) is 14.0. The van der Waals surface area contributed by atoms with Crippen LogP contribution in [0.5, 0.6) is 0 Å². The summed E-state index contributed by atoms with van der Waals surface area (Å²) in [4.78, 5) is 0. The lowest BCUT2D eigenvalue weighted by atomic mass is 9.66. The summed E-state index contributed by atoms with van der Waals surface area (Å²) in [5.41, 5.74) is 3.09. The fraction of sp³-hybridized carbons (Fsp3) is 0.714. The first-order valence-corrected chi connectivity index (χ1v) is 12.0. The topological polar surface area (TPSA) is 20.2 Å². The fourth-order valence-electron chi connectivity index (χ4n) is 4.03. The summed E-state index contributed by atoms with van der Waals surface area (Å²) in [5, 5.41) is 9.54. The second kappa shape index (κ2) is 14.0. The van der Waals surface area contributed by atoms with Crippen molar-refractivity contribution in [1.82, 2.24) is 0 Å². The van der Waals surface area contributed by atoms with Gasteiger partial charge in [-0.3, -0.25) is 0 Å². The first-order valence-electron chi connectivity index (χ1n) is 12.0. The van der Waals surface area contributed by atoms with Gasteiger partial charge >= 0.3 is 0 Å². The summed E-state index contributed by atoms with van der Waals surface area (Å²) in [6.45, 7) is 18.1. The van der Waals surface area contributed by atoms with E-state index in [9.17, 15) is 9.50 Å². The highest BCUT2D eigenvalue weighted by atomic mass is 19.1. The Morgan fingerprint density at radius 3 is 2.00 bits per heavy atom. The summed E-state index contributed by atoms with van der Waals surface area (Å²) in [7, 11) is 0. The average Bonchev–Trinajstić information content (AvgIpc) is 2.70. The molecule has 0 bridgehead atoms. The molecule has 1 atom stereocenters. The SMILES string of the molecule is C/C=C(/C)C1(CCC)CCC(O)CC1.CCC.Cc1ccc(C(C)C(C)(C)F)cc1. The number of alkyl halides is 1. The molecule has 1 unspecified atom stereocenters. The van der Waals surface area contributed by atoms with Crippen molar-refractivity contribution in [2.24, 2.45) is 5.41 Å². The number of halogens is 1. The van der Waals surface area contributed by atoms with Gasteiger partial charge in [0.1, 0.15) is 5.67 Å². The van der Waals surface area contributed by atoms with Crippen LogP contribution in [0.3, 0.4) is 0 Å². The molecule has 1 fully saturated rings. The Balaban J connectivity index is 0.000000497. The van der Waals surface area contributed by atoms with E-state index in [2.05, 4.69) is 40.7 Å². The Morgan fingerprint density at radius 1 is 1.17 bits per heavy atom. The Labute approximate surface area is 187 Å². The smallest absolute Gasteiger partial charge is 0.112 e. The third-order valence-corrected chi connectivity index (χ3v) is 6.52. The second-order valence-electron chi connectivity index (χ2n) is 9.64. The standard InChI is InChI=1S/C13H24O.C12H17F.C3H8/c1-4-8-13(11(3)5-2)9-6-12(14)7-10-13;1-9-5-7-11(8-6-9)10(2)12(3,4)13;1-3-2/h5,12,14H,4,6-10H2,1-3H3;5-8,10H,1-4H3;3H2,1-2H3/b11-5-;;. The molecule has 2 rings (SSSR count). The van der Waals surface area contributed by atoms with Crippen LogP contribution in [-0.4, -0.2) is 16.9 Å². The van der Waals surface area contributed by atoms with Crippen LogP contribution < -0.4 is 0 Å². The highest BCUT2D eigenvalue weighted by molar-refractivity contribution is 5.25. The Kier molecular flexibility index (Phi) is 13.5. The van der Waals surface area contributed by atoms with E-state index in [1.165, 1.54) is 43.2 Å². The van der Waals surface area contributed by atoms with Crippen molar-refractivity contribution in [2.75, 3.05) is 0 Å². The molecule has 0 aliphatic heterocycles. The molecule has 1 aliphatic carbocycles. The molecule has 174 valence electrons. The zero-order chi connectivity index (χ0) is 23.4. The lowest BCUT2D eigenvalue weighted by molar-refractivity contribution is 0.0749. The van der Waals surface area contributed by atoms with Gasteiger partial charge in [-0.25, -0.2) is 4.39 Å². The zero-order valence-electron chi connectivity index (χ0n) is 21.3. The molecule has 1 N–H and O–H groups in total. The predicted molar refractivity (Wildman–Crippen MR) is 132 cm³/mol. The van der Waals surface area contributed by atoms with Crippen LogP contribution in [0.25, 0.3) is 0 Å². The minimum atomic E-state index is -1.14. The summed E-state index contributed by atoms with van der Waals surface area (Å²) < 4.78 is 13.6. The predicted octanol–water partition coefficient (Wildman–Crippen LogP) is 8.94. The van der Waals surface area contributed by atoms with Crippen LogP contribution in [0.15, 0.2) is 35.9 Å². The Morgan fingerprint density at radius 2 is 1.63 bits per heavy atom. The van der Waals surface area contributed by atoms with Gasteiger partial charge in [0.25, 0.3) is 0 Å². The van der Waals surface area contributed by atoms with Gasteiger partial charge in [-0.05, 0) is 77.7 Å².